The van der Waals surface area contributed by atoms with Gasteiger partial charge in [0, 0.05) is 5.56 Å². The van der Waals surface area contributed by atoms with Crippen molar-refractivity contribution in [2.24, 2.45) is 0 Å². The van der Waals surface area contributed by atoms with Gasteiger partial charge in [0.25, 0.3) is 0 Å². The van der Waals surface area contributed by atoms with Crippen LogP contribution in [0.2, 0.25) is 0 Å². The lowest BCUT2D eigenvalue weighted by Gasteiger charge is -2.21. The number of rotatable bonds is 2. The predicted molar refractivity (Wildman–Crippen MR) is 65.4 cm³/mol. The van der Waals surface area contributed by atoms with Crippen molar-refractivity contribution >= 4 is 5.97 Å². The summed E-state index contributed by atoms with van der Waals surface area (Å²) in [5, 5.41) is 8.58. The highest BCUT2D eigenvalue weighted by Crippen LogP contribution is 2.24. The van der Waals surface area contributed by atoms with Crippen LogP contribution in [0.4, 0.5) is 0 Å². The zero-order chi connectivity index (χ0) is 12.9. The molecule has 1 aromatic carbocycles. The first kappa shape index (κ1) is 13.3. The highest BCUT2D eigenvalue weighted by atomic mass is 16.5. The standard InChI is InChI=1S/C14H16O3/c1-14(2,13(16)17-3)12-8-6-11(7-9-12)5-4-10-15/h6-9,15H,10H2,1-3H3. The molecule has 0 fully saturated rings. The molecule has 90 valence electrons. The van der Waals surface area contributed by atoms with E-state index in [0.29, 0.717) is 0 Å². The average Bonchev–Trinajstić information content (AvgIpc) is 2.35. The first-order chi connectivity index (χ1) is 8.02. The summed E-state index contributed by atoms with van der Waals surface area (Å²) >= 11 is 0. The molecule has 0 aliphatic heterocycles. The Hall–Kier alpha value is -1.79. The van der Waals surface area contributed by atoms with Crippen LogP contribution in [-0.4, -0.2) is 24.8 Å². The van der Waals surface area contributed by atoms with Crippen LogP contribution in [0.3, 0.4) is 0 Å². The molecule has 0 bridgehead atoms. The molecule has 3 heteroatoms. The van der Waals surface area contributed by atoms with Crippen LogP contribution >= 0.6 is 0 Å². The number of carbonyl (C=O) groups is 1. The largest absolute Gasteiger partial charge is 0.468 e. The van der Waals surface area contributed by atoms with E-state index in [9.17, 15) is 4.79 Å². The number of benzene rings is 1. The van der Waals surface area contributed by atoms with Crippen molar-refractivity contribution in [2.45, 2.75) is 19.3 Å². The molecule has 1 aromatic rings. The molecule has 0 spiro atoms. The molecule has 3 nitrogen and oxygen atoms in total. The third-order valence-corrected chi connectivity index (χ3v) is 2.61. The minimum absolute atomic E-state index is 0.157. The van der Waals surface area contributed by atoms with E-state index in [1.165, 1.54) is 7.11 Å². The van der Waals surface area contributed by atoms with Crippen molar-refractivity contribution < 1.29 is 14.6 Å². The average molecular weight is 232 g/mol. The van der Waals surface area contributed by atoms with Gasteiger partial charge in [-0.3, -0.25) is 4.79 Å². The monoisotopic (exact) mass is 232 g/mol. The van der Waals surface area contributed by atoms with Crippen LogP contribution in [0.1, 0.15) is 25.0 Å². The molecule has 0 unspecified atom stereocenters. The normalized spacial score (nSPS) is 10.4. The van der Waals surface area contributed by atoms with E-state index in [1.807, 2.05) is 38.1 Å². The van der Waals surface area contributed by atoms with Crippen molar-refractivity contribution in [3.63, 3.8) is 0 Å². The first-order valence-corrected chi connectivity index (χ1v) is 5.31. The van der Waals surface area contributed by atoms with Gasteiger partial charge in [0.1, 0.15) is 6.61 Å². The van der Waals surface area contributed by atoms with Gasteiger partial charge in [-0.1, -0.05) is 24.0 Å². The van der Waals surface area contributed by atoms with Gasteiger partial charge in [-0.25, -0.2) is 0 Å². The van der Waals surface area contributed by atoms with Crippen LogP contribution in [0.15, 0.2) is 24.3 Å². The fraction of sp³-hybridized carbons (Fsp3) is 0.357. The topological polar surface area (TPSA) is 46.5 Å². The quantitative estimate of drug-likeness (QED) is 0.620. The van der Waals surface area contributed by atoms with Gasteiger partial charge in [0.2, 0.25) is 0 Å². The van der Waals surface area contributed by atoms with E-state index >= 15 is 0 Å². The third kappa shape index (κ3) is 3.08. The molecular formula is C14H16O3. The number of ether oxygens (including phenoxy) is 1. The molecule has 0 aliphatic rings. The molecule has 1 rings (SSSR count). The lowest BCUT2D eigenvalue weighted by atomic mass is 9.84. The number of esters is 1. The molecule has 1 N–H and O–H groups in total. The van der Waals surface area contributed by atoms with Crippen LogP contribution < -0.4 is 0 Å². The summed E-state index contributed by atoms with van der Waals surface area (Å²) in [6.07, 6.45) is 0. The maximum absolute atomic E-state index is 11.6. The summed E-state index contributed by atoms with van der Waals surface area (Å²) < 4.78 is 4.76. The maximum atomic E-state index is 11.6. The highest BCUT2D eigenvalue weighted by Gasteiger charge is 2.30. The Bertz CT molecular complexity index is 447. The van der Waals surface area contributed by atoms with Gasteiger partial charge < -0.3 is 9.84 Å². The maximum Gasteiger partial charge on any atom is 0.315 e. The van der Waals surface area contributed by atoms with E-state index in [0.717, 1.165) is 11.1 Å². The molecule has 0 radical (unpaired) electrons. The molecule has 17 heavy (non-hydrogen) atoms. The molecule has 0 heterocycles. The summed E-state index contributed by atoms with van der Waals surface area (Å²) in [5.74, 6) is 5.10. The fourth-order valence-electron chi connectivity index (χ4n) is 1.48. The Morgan fingerprint density at radius 1 is 1.35 bits per heavy atom. The Labute approximate surface area is 101 Å². The van der Waals surface area contributed by atoms with Crippen LogP contribution in [0.5, 0.6) is 0 Å². The molecule has 0 saturated heterocycles. The molecular weight excluding hydrogens is 216 g/mol. The SMILES string of the molecule is COC(=O)C(C)(C)c1ccc(C#CCO)cc1. The van der Waals surface area contributed by atoms with Crippen molar-refractivity contribution in [2.75, 3.05) is 13.7 Å². The Kier molecular flexibility index (Phi) is 4.30. The molecule has 0 atom stereocenters. The van der Waals surface area contributed by atoms with Gasteiger partial charge in [0.05, 0.1) is 12.5 Å². The Morgan fingerprint density at radius 2 is 1.94 bits per heavy atom. The summed E-state index contributed by atoms with van der Waals surface area (Å²) in [4.78, 5) is 11.6. The van der Waals surface area contributed by atoms with Crippen molar-refractivity contribution in [1.29, 1.82) is 0 Å². The molecule has 0 amide bonds. The summed E-state index contributed by atoms with van der Waals surface area (Å²) in [7, 11) is 1.38. The van der Waals surface area contributed by atoms with Gasteiger partial charge in [-0.2, -0.15) is 0 Å². The van der Waals surface area contributed by atoms with Gasteiger partial charge in [0.15, 0.2) is 0 Å². The van der Waals surface area contributed by atoms with E-state index < -0.39 is 5.41 Å². The third-order valence-electron chi connectivity index (χ3n) is 2.61. The van der Waals surface area contributed by atoms with E-state index in [2.05, 4.69) is 11.8 Å². The summed E-state index contributed by atoms with van der Waals surface area (Å²) in [6.45, 7) is 3.47. The highest BCUT2D eigenvalue weighted by molar-refractivity contribution is 5.82. The minimum Gasteiger partial charge on any atom is -0.468 e. The molecule has 0 aromatic heterocycles. The van der Waals surface area contributed by atoms with Crippen LogP contribution in [0.25, 0.3) is 0 Å². The molecule has 0 aliphatic carbocycles. The summed E-state index contributed by atoms with van der Waals surface area (Å²) in [6, 6.07) is 7.34. The van der Waals surface area contributed by atoms with E-state index in [4.69, 9.17) is 9.84 Å². The number of aliphatic hydroxyl groups excluding tert-OH is 1. The minimum atomic E-state index is -0.669. The van der Waals surface area contributed by atoms with Crippen molar-refractivity contribution in [1.82, 2.24) is 0 Å². The zero-order valence-corrected chi connectivity index (χ0v) is 10.3. The van der Waals surface area contributed by atoms with Crippen LogP contribution in [-0.2, 0) is 14.9 Å². The second-order valence-electron chi connectivity index (χ2n) is 4.15. The second kappa shape index (κ2) is 5.51. The smallest absolute Gasteiger partial charge is 0.315 e. The van der Waals surface area contributed by atoms with Crippen LogP contribution in [0, 0.1) is 11.8 Å². The van der Waals surface area contributed by atoms with Gasteiger partial charge >= 0.3 is 5.97 Å². The lowest BCUT2D eigenvalue weighted by Crippen LogP contribution is -2.30. The number of methoxy groups -OCH3 is 1. The van der Waals surface area contributed by atoms with E-state index in [1.54, 1.807) is 0 Å². The van der Waals surface area contributed by atoms with Crippen molar-refractivity contribution in [3.8, 4) is 11.8 Å². The lowest BCUT2D eigenvalue weighted by molar-refractivity contribution is -0.146. The summed E-state index contributed by atoms with van der Waals surface area (Å²) in [5.41, 5.74) is 1.01. The first-order valence-electron chi connectivity index (χ1n) is 5.31. The number of aliphatic hydroxyl groups is 1. The number of hydrogen-bond donors (Lipinski definition) is 1. The molecule has 0 saturated carbocycles. The van der Waals surface area contributed by atoms with Gasteiger partial charge in [-0.15, -0.1) is 0 Å². The number of carbonyl (C=O) groups excluding carboxylic acids is 1. The Morgan fingerprint density at radius 3 is 2.41 bits per heavy atom. The number of hydrogen-bond acceptors (Lipinski definition) is 3. The Balaban J connectivity index is 2.98. The van der Waals surface area contributed by atoms with Gasteiger partial charge in [-0.05, 0) is 31.5 Å². The predicted octanol–water partition coefficient (Wildman–Crippen LogP) is 1.48. The second-order valence-corrected chi connectivity index (χ2v) is 4.15. The zero-order valence-electron chi connectivity index (χ0n) is 10.3. The van der Waals surface area contributed by atoms with Crippen molar-refractivity contribution in [3.05, 3.63) is 35.4 Å². The van der Waals surface area contributed by atoms with E-state index in [-0.39, 0.29) is 12.6 Å². The fourth-order valence-corrected chi connectivity index (χ4v) is 1.48.